The van der Waals surface area contributed by atoms with Crippen LogP contribution in [0.4, 0.5) is 0 Å². The third kappa shape index (κ3) is 3.07. The lowest BCUT2D eigenvalue weighted by molar-refractivity contribution is 0.871. The summed E-state index contributed by atoms with van der Waals surface area (Å²) in [6.07, 6.45) is 5.10. The largest absolute Gasteiger partial charge is 0.264 e. The van der Waals surface area contributed by atoms with Crippen molar-refractivity contribution < 1.29 is 0 Å². The van der Waals surface area contributed by atoms with Gasteiger partial charge in [-0.3, -0.25) is 4.98 Å². The zero-order valence-corrected chi connectivity index (χ0v) is 12.3. The van der Waals surface area contributed by atoms with Gasteiger partial charge in [-0.05, 0) is 42.5 Å². The van der Waals surface area contributed by atoms with E-state index in [1.165, 1.54) is 0 Å². The second kappa shape index (κ2) is 5.99. The number of pyridine rings is 1. The first-order valence-corrected chi connectivity index (χ1v) is 6.90. The normalized spacial score (nSPS) is 11.1. The molecule has 21 heavy (non-hydrogen) atoms. The van der Waals surface area contributed by atoms with Crippen LogP contribution >= 0.6 is 23.8 Å². The molecule has 0 radical (unpaired) electrons. The molecule has 0 amide bonds. The summed E-state index contributed by atoms with van der Waals surface area (Å²) in [5.74, 6) is 0.622. The van der Waals surface area contributed by atoms with E-state index in [-0.39, 0.29) is 0 Å². The summed E-state index contributed by atoms with van der Waals surface area (Å²) in [4.78, 5) is 4.03. The number of halogens is 1. The zero-order chi connectivity index (χ0) is 14.7. The van der Waals surface area contributed by atoms with Gasteiger partial charge in [0.05, 0.1) is 6.21 Å². The minimum absolute atomic E-state index is 0.417. The van der Waals surface area contributed by atoms with E-state index in [1.807, 2.05) is 24.3 Å². The van der Waals surface area contributed by atoms with Crippen LogP contribution in [0.3, 0.4) is 0 Å². The molecular weight excluding hydrogens is 306 g/mol. The van der Waals surface area contributed by atoms with E-state index in [0.717, 1.165) is 11.1 Å². The number of rotatable bonds is 3. The Morgan fingerprint density at radius 2 is 2.05 bits per heavy atom. The molecule has 0 bridgehead atoms. The fraction of sp³-hybridized carbons (Fsp3) is 0. The lowest BCUT2D eigenvalue weighted by atomic mass is 10.2. The van der Waals surface area contributed by atoms with Crippen molar-refractivity contribution in [2.45, 2.75) is 0 Å². The lowest BCUT2D eigenvalue weighted by Gasteiger charge is -2.01. The van der Waals surface area contributed by atoms with Crippen LogP contribution in [0, 0.1) is 4.77 Å². The van der Waals surface area contributed by atoms with Gasteiger partial charge >= 0.3 is 0 Å². The minimum atomic E-state index is 0.417. The summed E-state index contributed by atoms with van der Waals surface area (Å²) in [7, 11) is 0. The predicted octanol–water partition coefficient (Wildman–Crippen LogP) is 3.54. The topological polar surface area (TPSA) is 58.9 Å². The Morgan fingerprint density at radius 3 is 2.76 bits per heavy atom. The van der Waals surface area contributed by atoms with Gasteiger partial charge in [0, 0.05) is 28.5 Å². The van der Waals surface area contributed by atoms with Crippen molar-refractivity contribution in [2.24, 2.45) is 5.10 Å². The molecule has 104 valence electrons. The molecule has 2 heterocycles. The Balaban J connectivity index is 2.00. The van der Waals surface area contributed by atoms with E-state index >= 15 is 0 Å². The fourth-order valence-electron chi connectivity index (χ4n) is 1.76. The molecule has 0 aliphatic heterocycles. The van der Waals surface area contributed by atoms with Crippen LogP contribution in [-0.4, -0.2) is 26.1 Å². The predicted molar refractivity (Wildman–Crippen MR) is 85.1 cm³/mol. The number of hydrogen-bond acceptors (Lipinski definition) is 4. The van der Waals surface area contributed by atoms with Gasteiger partial charge in [-0.1, -0.05) is 17.7 Å². The first kappa shape index (κ1) is 13.7. The van der Waals surface area contributed by atoms with Crippen LogP contribution in [-0.2, 0) is 0 Å². The van der Waals surface area contributed by atoms with Crippen LogP contribution in [0.25, 0.3) is 11.4 Å². The summed E-state index contributed by atoms with van der Waals surface area (Å²) < 4.78 is 1.98. The molecule has 0 atom stereocenters. The molecule has 2 aromatic heterocycles. The van der Waals surface area contributed by atoms with Crippen molar-refractivity contribution in [3.05, 3.63) is 64.1 Å². The van der Waals surface area contributed by atoms with E-state index in [2.05, 4.69) is 20.3 Å². The molecule has 0 saturated carbocycles. The number of benzene rings is 1. The van der Waals surface area contributed by atoms with Gasteiger partial charge < -0.3 is 0 Å². The number of aromatic amines is 1. The maximum Gasteiger partial charge on any atom is 0.216 e. The number of nitrogens with one attached hydrogen (secondary N) is 1. The Bertz CT molecular complexity index is 821. The molecule has 3 aromatic rings. The lowest BCUT2D eigenvalue weighted by Crippen LogP contribution is -1.95. The van der Waals surface area contributed by atoms with Crippen LogP contribution in [0.5, 0.6) is 0 Å². The first-order chi connectivity index (χ1) is 10.2. The Kier molecular flexibility index (Phi) is 3.89. The summed E-state index contributed by atoms with van der Waals surface area (Å²) in [6, 6.07) is 11.1. The average molecular weight is 316 g/mol. The number of nitrogens with zero attached hydrogens (tertiary/aromatic N) is 4. The highest BCUT2D eigenvalue weighted by molar-refractivity contribution is 7.71. The van der Waals surface area contributed by atoms with E-state index in [1.54, 1.807) is 35.4 Å². The highest BCUT2D eigenvalue weighted by atomic mass is 35.5. The quantitative estimate of drug-likeness (QED) is 0.594. The molecule has 0 saturated heterocycles. The third-order valence-corrected chi connectivity index (χ3v) is 3.28. The molecule has 7 heteroatoms. The van der Waals surface area contributed by atoms with Crippen molar-refractivity contribution in [2.75, 3.05) is 0 Å². The summed E-state index contributed by atoms with van der Waals surface area (Å²) in [6.45, 7) is 0. The second-order valence-electron chi connectivity index (χ2n) is 4.20. The maximum absolute atomic E-state index is 5.89. The van der Waals surface area contributed by atoms with Crippen LogP contribution < -0.4 is 0 Å². The fourth-order valence-corrected chi connectivity index (χ4v) is 2.07. The van der Waals surface area contributed by atoms with Gasteiger partial charge in [0.15, 0.2) is 5.82 Å². The molecule has 0 unspecified atom stereocenters. The van der Waals surface area contributed by atoms with E-state index in [4.69, 9.17) is 23.8 Å². The summed E-state index contributed by atoms with van der Waals surface area (Å²) in [5, 5.41) is 12.0. The van der Waals surface area contributed by atoms with Crippen LogP contribution in [0.2, 0.25) is 5.02 Å². The average Bonchev–Trinajstić information content (AvgIpc) is 2.88. The highest BCUT2D eigenvalue weighted by Crippen LogP contribution is 2.19. The van der Waals surface area contributed by atoms with Gasteiger partial charge in [0.25, 0.3) is 0 Å². The van der Waals surface area contributed by atoms with E-state index in [9.17, 15) is 0 Å². The van der Waals surface area contributed by atoms with Crippen molar-refractivity contribution in [3.63, 3.8) is 0 Å². The van der Waals surface area contributed by atoms with Gasteiger partial charge in [0.1, 0.15) is 0 Å². The van der Waals surface area contributed by atoms with Crippen molar-refractivity contribution in [3.8, 4) is 11.4 Å². The third-order valence-electron chi connectivity index (χ3n) is 2.76. The molecular formula is C14H10ClN5S. The van der Waals surface area contributed by atoms with Gasteiger partial charge in [-0.15, -0.1) is 0 Å². The minimum Gasteiger partial charge on any atom is -0.264 e. The van der Waals surface area contributed by atoms with Crippen molar-refractivity contribution in [1.82, 2.24) is 19.9 Å². The highest BCUT2D eigenvalue weighted by Gasteiger charge is 2.07. The maximum atomic E-state index is 5.89. The molecule has 3 rings (SSSR count). The monoisotopic (exact) mass is 315 g/mol. The summed E-state index contributed by atoms with van der Waals surface area (Å²) in [5.41, 5.74) is 1.75. The van der Waals surface area contributed by atoms with Gasteiger partial charge in [0.2, 0.25) is 4.77 Å². The smallest absolute Gasteiger partial charge is 0.216 e. The Labute approximate surface area is 130 Å². The van der Waals surface area contributed by atoms with Crippen molar-refractivity contribution in [1.29, 1.82) is 0 Å². The number of aromatic nitrogens is 4. The molecule has 5 nitrogen and oxygen atoms in total. The SMILES string of the molecule is S=c1[nH]nc(-c2ccc(Cl)cc2)n1/N=C\c1cccnc1. The molecule has 0 aliphatic rings. The molecule has 0 aliphatic carbocycles. The molecule has 1 N–H and O–H groups in total. The first-order valence-electron chi connectivity index (χ1n) is 6.12. The van der Waals surface area contributed by atoms with E-state index < -0.39 is 0 Å². The second-order valence-corrected chi connectivity index (χ2v) is 5.03. The standard InChI is InChI=1S/C14H10ClN5S/c15-12-5-3-11(4-6-12)13-18-19-14(21)20(13)17-9-10-2-1-7-16-8-10/h1-9H,(H,19,21)/b17-9-. The van der Waals surface area contributed by atoms with Gasteiger partial charge in [-0.25, -0.2) is 5.10 Å². The molecule has 0 fully saturated rings. The van der Waals surface area contributed by atoms with Crippen LogP contribution in [0.1, 0.15) is 5.56 Å². The molecule has 0 spiro atoms. The van der Waals surface area contributed by atoms with Crippen molar-refractivity contribution >= 4 is 30.0 Å². The Hall–Kier alpha value is -2.31. The Morgan fingerprint density at radius 1 is 1.24 bits per heavy atom. The van der Waals surface area contributed by atoms with Gasteiger partial charge in [-0.2, -0.15) is 14.9 Å². The van der Waals surface area contributed by atoms with E-state index in [0.29, 0.717) is 15.6 Å². The molecule has 1 aromatic carbocycles. The number of hydrogen-bond donors (Lipinski definition) is 1. The number of H-pyrrole nitrogens is 1. The zero-order valence-electron chi connectivity index (χ0n) is 10.8. The van der Waals surface area contributed by atoms with Crippen LogP contribution in [0.15, 0.2) is 53.9 Å². The summed E-state index contributed by atoms with van der Waals surface area (Å²) >= 11 is 11.1.